The van der Waals surface area contributed by atoms with Gasteiger partial charge in [0, 0.05) is 1.43 Å². The molecule has 1 atom stereocenters. The highest BCUT2D eigenvalue weighted by atomic mass is 19.3. The maximum absolute atomic E-state index is 12.7. The molecule has 1 aliphatic heterocycles. The molecule has 1 heterocycles. The fourth-order valence-electron chi connectivity index (χ4n) is 1.13. The molecule has 0 amide bonds. The number of piperidine rings is 1. The first-order chi connectivity index (χ1) is 5.52. The van der Waals surface area contributed by atoms with Gasteiger partial charge >= 0.3 is 0 Å². The van der Waals surface area contributed by atoms with Crippen LogP contribution in [0.15, 0.2) is 0 Å². The molecule has 1 fully saturated rings. The molecule has 76 valence electrons. The predicted octanol–water partition coefficient (Wildman–Crippen LogP) is 1.56. The Morgan fingerprint density at radius 1 is 1.50 bits per heavy atom. The van der Waals surface area contributed by atoms with Gasteiger partial charge in [0.05, 0.1) is 12.6 Å². The quantitative estimate of drug-likeness (QED) is 0.616. The van der Waals surface area contributed by atoms with E-state index in [2.05, 4.69) is 0 Å². The molecule has 4 heteroatoms. The molecule has 12 heavy (non-hydrogen) atoms. The van der Waals surface area contributed by atoms with Gasteiger partial charge in [-0.2, -0.15) is 0 Å². The number of nitrogens with zero attached hydrogens (tertiary/aromatic N) is 1. The van der Waals surface area contributed by atoms with Crippen LogP contribution in [-0.4, -0.2) is 37.0 Å². The molecule has 0 aromatic rings. The molecule has 2 nitrogen and oxygen atoms in total. The molecule has 1 saturated heterocycles. The summed E-state index contributed by atoms with van der Waals surface area (Å²) in [5.74, 6) is -2.69. The maximum atomic E-state index is 12.7. The van der Waals surface area contributed by atoms with Gasteiger partial charge in [-0.15, -0.1) is 0 Å². The van der Waals surface area contributed by atoms with Crippen molar-refractivity contribution in [2.75, 3.05) is 20.1 Å². The number of halogens is 2. The van der Waals surface area contributed by atoms with Crippen LogP contribution in [0.3, 0.4) is 0 Å². The van der Waals surface area contributed by atoms with Crippen LogP contribution in [0.4, 0.5) is 8.78 Å². The summed E-state index contributed by atoms with van der Waals surface area (Å²) in [6.45, 7) is 4.48. The summed E-state index contributed by atoms with van der Waals surface area (Å²) in [6.07, 6.45) is 0.392. The van der Waals surface area contributed by atoms with Crippen LogP contribution in [0.2, 0.25) is 0 Å². The fraction of sp³-hybridized carbons (Fsp3) is 1.00. The van der Waals surface area contributed by atoms with Gasteiger partial charge < -0.3 is 10.6 Å². The number of hydrogen-bond acceptors (Lipinski definition) is 2. The molecule has 1 rings (SSSR count). The van der Waals surface area contributed by atoms with Crippen LogP contribution in [-0.2, 0) is 0 Å². The topological polar surface area (TPSA) is 29.3 Å². The van der Waals surface area contributed by atoms with E-state index in [1.165, 1.54) is 0 Å². The van der Waals surface area contributed by atoms with E-state index in [4.69, 9.17) is 5.73 Å². The third-order valence-corrected chi connectivity index (χ3v) is 1.85. The van der Waals surface area contributed by atoms with E-state index in [9.17, 15) is 8.78 Å². The van der Waals surface area contributed by atoms with E-state index in [0.717, 1.165) is 0 Å². The minimum Gasteiger partial charge on any atom is -0.323 e. The predicted molar refractivity (Wildman–Crippen MR) is 48.5 cm³/mol. The average Bonchev–Trinajstić information content (AvgIpc) is 2.01. The normalized spacial score (nSPS) is 29.0. The summed E-state index contributed by atoms with van der Waals surface area (Å²) in [4.78, 5) is 1.60. The fourth-order valence-corrected chi connectivity index (χ4v) is 1.13. The number of likely N-dealkylation sites (tertiary alicyclic amines) is 1. The van der Waals surface area contributed by atoms with Crippen molar-refractivity contribution in [2.45, 2.75) is 32.2 Å². The highest BCUT2D eigenvalue weighted by Gasteiger charge is 2.40. The SMILES string of the molecule is CC.CN1CCC(N)C(F)(F)C1.[HH]. The van der Waals surface area contributed by atoms with Gasteiger partial charge in [0.25, 0.3) is 5.92 Å². The second kappa shape index (κ2) is 4.72. The van der Waals surface area contributed by atoms with E-state index in [0.29, 0.717) is 13.0 Å². The van der Waals surface area contributed by atoms with Crippen molar-refractivity contribution in [3.05, 3.63) is 0 Å². The molecule has 0 spiro atoms. The lowest BCUT2D eigenvalue weighted by atomic mass is 10.0. The first-order valence-electron chi connectivity index (χ1n) is 4.34. The molecule has 0 saturated carbocycles. The van der Waals surface area contributed by atoms with E-state index in [-0.39, 0.29) is 7.97 Å². The number of alkyl halides is 2. The summed E-state index contributed by atoms with van der Waals surface area (Å²) in [6, 6.07) is -0.941. The summed E-state index contributed by atoms with van der Waals surface area (Å²) in [5, 5.41) is 0. The second-order valence-electron chi connectivity index (χ2n) is 2.89. The van der Waals surface area contributed by atoms with Gasteiger partial charge in [0.2, 0.25) is 0 Å². The molecule has 1 aliphatic rings. The lowest BCUT2D eigenvalue weighted by molar-refractivity contribution is -0.0733. The molecule has 0 aliphatic carbocycles. The minimum atomic E-state index is -2.69. The average molecular weight is 182 g/mol. The molecular formula is C8H20F2N2. The van der Waals surface area contributed by atoms with Crippen LogP contribution < -0.4 is 5.73 Å². The molecular weight excluding hydrogens is 162 g/mol. The highest BCUT2D eigenvalue weighted by Crippen LogP contribution is 2.24. The van der Waals surface area contributed by atoms with Crippen LogP contribution in [0.25, 0.3) is 0 Å². The molecule has 0 aromatic carbocycles. The van der Waals surface area contributed by atoms with Gasteiger partial charge in [0.15, 0.2) is 0 Å². The van der Waals surface area contributed by atoms with Crippen molar-refractivity contribution in [3.63, 3.8) is 0 Å². The van der Waals surface area contributed by atoms with Gasteiger partial charge in [-0.3, -0.25) is 0 Å². The van der Waals surface area contributed by atoms with Gasteiger partial charge in [-0.25, -0.2) is 8.78 Å². The highest BCUT2D eigenvalue weighted by molar-refractivity contribution is 4.87. The Kier molecular flexibility index (Phi) is 4.63. The van der Waals surface area contributed by atoms with Crippen molar-refractivity contribution in [1.29, 1.82) is 0 Å². The van der Waals surface area contributed by atoms with Crippen LogP contribution >= 0.6 is 0 Å². The van der Waals surface area contributed by atoms with Gasteiger partial charge in [-0.1, -0.05) is 13.8 Å². The molecule has 0 bridgehead atoms. The third kappa shape index (κ3) is 3.03. The largest absolute Gasteiger partial charge is 0.323 e. The Balaban J connectivity index is 0. The Morgan fingerprint density at radius 3 is 2.33 bits per heavy atom. The first-order valence-corrected chi connectivity index (χ1v) is 4.34. The Bertz CT molecular complexity index is 133. The smallest absolute Gasteiger partial charge is 0.275 e. The van der Waals surface area contributed by atoms with Crippen molar-refractivity contribution in [3.8, 4) is 0 Å². The van der Waals surface area contributed by atoms with Crippen molar-refractivity contribution < 1.29 is 10.2 Å². The van der Waals surface area contributed by atoms with Crippen molar-refractivity contribution in [1.82, 2.24) is 4.90 Å². The van der Waals surface area contributed by atoms with E-state index in [1.54, 1.807) is 11.9 Å². The number of hydrogen-bond donors (Lipinski definition) is 1. The summed E-state index contributed by atoms with van der Waals surface area (Å²) in [5.41, 5.74) is 5.20. The van der Waals surface area contributed by atoms with Crippen LogP contribution in [0, 0.1) is 0 Å². The second-order valence-corrected chi connectivity index (χ2v) is 2.89. The summed E-state index contributed by atoms with van der Waals surface area (Å²) < 4.78 is 25.4. The van der Waals surface area contributed by atoms with Gasteiger partial charge in [0.1, 0.15) is 0 Å². The maximum Gasteiger partial charge on any atom is 0.275 e. The molecule has 0 radical (unpaired) electrons. The lowest BCUT2D eigenvalue weighted by Gasteiger charge is -2.34. The van der Waals surface area contributed by atoms with E-state index in [1.807, 2.05) is 13.8 Å². The zero-order chi connectivity index (χ0) is 9.78. The zero-order valence-electron chi connectivity index (χ0n) is 7.98. The number of nitrogens with two attached hydrogens (primary N) is 1. The van der Waals surface area contributed by atoms with Crippen molar-refractivity contribution >= 4 is 0 Å². The minimum absolute atomic E-state index is 0. The Morgan fingerprint density at radius 2 is 2.00 bits per heavy atom. The van der Waals surface area contributed by atoms with Crippen molar-refractivity contribution in [2.24, 2.45) is 5.73 Å². The first kappa shape index (κ1) is 11.8. The molecule has 1 unspecified atom stereocenters. The zero-order valence-corrected chi connectivity index (χ0v) is 7.98. The van der Waals surface area contributed by atoms with E-state index >= 15 is 0 Å². The standard InChI is InChI=1S/C6H12F2N2.C2H6.H2/c1-10-3-2-5(9)6(7,8)4-10;1-2;/h5H,2-4,9H2,1H3;1-2H3;1H. The van der Waals surface area contributed by atoms with Crippen LogP contribution in [0.5, 0.6) is 0 Å². The lowest BCUT2D eigenvalue weighted by Crippen LogP contribution is -2.54. The Labute approximate surface area is 74.2 Å². The van der Waals surface area contributed by atoms with Crippen LogP contribution in [0.1, 0.15) is 21.7 Å². The summed E-state index contributed by atoms with van der Waals surface area (Å²) in [7, 11) is 1.68. The Hall–Kier alpha value is -0.220. The van der Waals surface area contributed by atoms with E-state index < -0.39 is 12.0 Å². The third-order valence-electron chi connectivity index (χ3n) is 1.85. The summed E-state index contributed by atoms with van der Waals surface area (Å²) >= 11 is 0. The number of rotatable bonds is 0. The molecule has 2 N–H and O–H groups in total. The monoisotopic (exact) mass is 182 g/mol. The van der Waals surface area contributed by atoms with Gasteiger partial charge in [-0.05, 0) is 20.0 Å². The molecule has 0 aromatic heterocycles.